The molecule has 0 fully saturated rings. The molecule has 0 saturated heterocycles. The van der Waals surface area contributed by atoms with Crippen molar-refractivity contribution in [1.29, 1.82) is 0 Å². The van der Waals surface area contributed by atoms with Crippen LogP contribution in [0.25, 0.3) is 0 Å². The van der Waals surface area contributed by atoms with E-state index in [0.717, 1.165) is 0 Å². The maximum Gasteiger partial charge on any atom is 0.332 e. The lowest BCUT2D eigenvalue weighted by molar-refractivity contribution is 0.259. The molecule has 3 rings (SSSR count). The zero-order chi connectivity index (χ0) is 17.1. The molecule has 0 bridgehead atoms. The van der Waals surface area contributed by atoms with Gasteiger partial charge in [0.15, 0.2) is 5.17 Å². The summed E-state index contributed by atoms with van der Waals surface area (Å²) >= 11 is 13.5. The summed E-state index contributed by atoms with van der Waals surface area (Å²) in [6, 6.07) is 13.8. The van der Waals surface area contributed by atoms with Crippen LogP contribution in [-0.4, -0.2) is 23.0 Å². The Bertz CT molecular complexity index is 780. The number of hydrogen-bond acceptors (Lipinski definition) is 3. The number of nitrogens with one attached hydrogen (secondary N) is 1. The second-order valence-corrected chi connectivity index (χ2v) is 7.58. The number of nitrogens with zero attached hydrogens (tertiary/aromatic N) is 2. The number of aliphatic imine (C=N–C) groups is 1. The molecule has 0 spiro atoms. The van der Waals surface area contributed by atoms with Gasteiger partial charge in [-0.05, 0) is 42.5 Å². The van der Waals surface area contributed by atoms with Gasteiger partial charge in [0.2, 0.25) is 0 Å². The molecule has 2 amide bonds. The number of hydrogen-bond donors (Lipinski definition) is 1. The number of benzene rings is 2. The van der Waals surface area contributed by atoms with E-state index in [0.29, 0.717) is 38.4 Å². The second-order valence-electron chi connectivity index (χ2n) is 5.30. The van der Waals surface area contributed by atoms with Gasteiger partial charge in [-0.3, -0.25) is 4.99 Å². The molecule has 2 aromatic carbocycles. The monoisotopic (exact) mass is 379 g/mol. The van der Waals surface area contributed by atoms with E-state index in [-0.39, 0.29) is 6.03 Å². The summed E-state index contributed by atoms with van der Waals surface area (Å²) < 4.78 is 0. The number of amides is 2. The van der Waals surface area contributed by atoms with Crippen LogP contribution in [0.3, 0.4) is 0 Å². The molecule has 2 aromatic rings. The Kier molecular flexibility index (Phi) is 5.33. The lowest BCUT2D eigenvalue weighted by Gasteiger charge is -2.23. The molecule has 1 N–H and O–H groups in total. The fourth-order valence-corrected chi connectivity index (χ4v) is 3.50. The van der Waals surface area contributed by atoms with Crippen LogP contribution in [0.1, 0.15) is 6.92 Å². The summed E-state index contributed by atoms with van der Waals surface area (Å²) in [6.07, 6.45) is 0. The summed E-state index contributed by atoms with van der Waals surface area (Å²) in [7, 11) is 0. The highest BCUT2D eigenvalue weighted by molar-refractivity contribution is 8.15. The molecule has 0 radical (unpaired) electrons. The fraction of sp³-hybridized carbons (Fsp3) is 0.176. The van der Waals surface area contributed by atoms with Crippen LogP contribution in [0, 0.1) is 0 Å². The van der Waals surface area contributed by atoms with Crippen molar-refractivity contribution in [3.8, 4) is 0 Å². The lowest BCUT2D eigenvalue weighted by Crippen LogP contribution is -2.38. The SMILES string of the molecule is C[C@H]1CN=C(N(C(=O)Nc2cccc(Cl)c2)c2ccc(Cl)cc2)S1. The quantitative estimate of drug-likeness (QED) is 0.745. The number of carbonyl (C=O) groups is 1. The molecule has 1 aliphatic rings. The van der Waals surface area contributed by atoms with E-state index >= 15 is 0 Å². The molecule has 1 heterocycles. The first-order valence-electron chi connectivity index (χ1n) is 7.36. The van der Waals surface area contributed by atoms with Crippen molar-refractivity contribution in [2.45, 2.75) is 12.2 Å². The molecule has 1 atom stereocenters. The highest BCUT2D eigenvalue weighted by atomic mass is 35.5. The Labute approximate surface area is 154 Å². The zero-order valence-electron chi connectivity index (χ0n) is 12.9. The molecule has 1 aliphatic heterocycles. The maximum absolute atomic E-state index is 12.8. The van der Waals surface area contributed by atoms with Crippen molar-refractivity contribution < 1.29 is 4.79 Å². The summed E-state index contributed by atoms with van der Waals surface area (Å²) in [6.45, 7) is 2.77. The van der Waals surface area contributed by atoms with E-state index in [9.17, 15) is 4.79 Å². The molecule has 7 heteroatoms. The van der Waals surface area contributed by atoms with Gasteiger partial charge in [0, 0.05) is 21.0 Å². The summed E-state index contributed by atoms with van der Waals surface area (Å²) in [5, 5.41) is 5.05. The van der Waals surface area contributed by atoms with Gasteiger partial charge in [0.25, 0.3) is 0 Å². The Balaban J connectivity index is 1.89. The molecule has 0 unspecified atom stereocenters. The number of amidine groups is 1. The van der Waals surface area contributed by atoms with Crippen LogP contribution in [0.15, 0.2) is 53.5 Å². The normalized spacial score (nSPS) is 16.6. The number of carbonyl (C=O) groups excluding carboxylic acids is 1. The first-order valence-corrected chi connectivity index (χ1v) is 9.00. The van der Waals surface area contributed by atoms with Gasteiger partial charge in [-0.2, -0.15) is 0 Å². The van der Waals surface area contributed by atoms with E-state index in [2.05, 4.69) is 17.2 Å². The van der Waals surface area contributed by atoms with Crippen LogP contribution < -0.4 is 10.2 Å². The number of halogens is 2. The molecule has 0 aromatic heterocycles. The molecule has 4 nitrogen and oxygen atoms in total. The number of rotatable bonds is 2. The third-order valence-electron chi connectivity index (χ3n) is 3.35. The average molecular weight is 380 g/mol. The van der Waals surface area contributed by atoms with Gasteiger partial charge in [-0.25, -0.2) is 9.69 Å². The predicted octanol–water partition coefficient (Wildman–Crippen LogP) is 5.52. The van der Waals surface area contributed by atoms with Crippen molar-refractivity contribution in [3.05, 3.63) is 58.6 Å². The maximum atomic E-state index is 12.8. The average Bonchev–Trinajstić information content (AvgIpc) is 2.95. The predicted molar refractivity (Wildman–Crippen MR) is 104 cm³/mol. The third-order valence-corrected chi connectivity index (χ3v) is 4.91. The number of urea groups is 1. The highest BCUT2D eigenvalue weighted by Gasteiger charge is 2.27. The van der Waals surface area contributed by atoms with Crippen LogP contribution in [0.4, 0.5) is 16.2 Å². The van der Waals surface area contributed by atoms with E-state index in [4.69, 9.17) is 23.2 Å². The summed E-state index contributed by atoms with van der Waals surface area (Å²) in [4.78, 5) is 18.9. The first kappa shape index (κ1) is 17.1. The van der Waals surface area contributed by atoms with Crippen molar-refractivity contribution >= 4 is 57.5 Å². The summed E-state index contributed by atoms with van der Waals surface area (Å²) in [5.41, 5.74) is 1.34. The van der Waals surface area contributed by atoms with Crippen LogP contribution >= 0.6 is 35.0 Å². The van der Waals surface area contributed by atoms with E-state index in [1.54, 1.807) is 65.2 Å². The molecule has 124 valence electrons. The minimum atomic E-state index is -0.292. The lowest BCUT2D eigenvalue weighted by atomic mass is 10.3. The van der Waals surface area contributed by atoms with E-state index in [1.165, 1.54) is 0 Å². The van der Waals surface area contributed by atoms with Crippen LogP contribution in [0.2, 0.25) is 10.0 Å². The Morgan fingerprint density at radius 1 is 1.21 bits per heavy atom. The fourth-order valence-electron chi connectivity index (χ4n) is 2.23. The van der Waals surface area contributed by atoms with Crippen molar-refractivity contribution in [3.63, 3.8) is 0 Å². The molecular formula is C17H15Cl2N3OS. The molecule has 0 saturated carbocycles. The number of thioether (sulfide) groups is 1. The van der Waals surface area contributed by atoms with Gasteiger partial charge in [-0.15, -0.1) is 0 Å². The Morgan fingerprint density at radius 2 is 1.96 bits per heavy atom. The molecular weight excluding hydrogens is 365 g/mol. The molecule has 24 heavy (non-hydrogen) atoms. The Hall–Kier alpha value is -1.69. The first-order chi connectivity index (χ1) is 11.5. The Morgan fingerprint density at radius 3 is 2.58 bits per heavy atom. The standard InChI is InChI=1S/C17H15Cl2N3OS/c1-11-10-20-17(24-11)22(15-7-5-12(18)6-8-15)16(23)21-14-4-2-3-13(19)9-14/h2-9,11H,10H2,1H3,(H,21,23)/t11-/m0/s1. The third kappa shape index (κ3) is 4.04. The van der Waals surface area contributed by atoms with Gasteiger partial charge in [0.1, 0.15) is 0 Å². The minimum absolute atomic E-state index is 0.292. The van der Waals surface area contributed by atoms with Gasteiger partial charge in [0.05, 0.1) is 12.2 Å². The second kappa shape index (κ2) is 7.47. The van der Waals surface area contributed by atoms with Crippen LogP contribution in [0.5, 0.6) is 0 Å². The van der Waals surface area contributed by atoms with Crippen molar-refractivity contribution in [2.75, 3.05) is 16.8 Å². The van der Waals surface area contributed by atoms with Gasteiger partial charge in [-0.1, -0.05) is 48.0 Å². The highest BCUT2D eigenvalue weighted by Crippen LogP contribution is 2.29. The van der Waals surface area contributed by atoms with E-state index in [1.807, 2.05) is 0 Å². The smallest absolute Gasteiger partial charge is 0.307 e. The largest absolute Gasteiger partial charge is 0.332 e. The van der Waals surface area contributed by atoms with Crippen molar-refractivity contribution in [2.24, 2.45) is 4.99 Å². The topological polar surface area (TPSA) is 44.7 Å². The van der Waals surface area contributed by atoms with Gasteiger partial charge < -0.3 is 5.32 Å². The van der Waals surface area contributed by atoms with Crippen LogP contribution in [-0.2, 0) is 0 Å². The number of anilines is 2. The minimum Gasteiger partial charge on any atom is -0.307 e. The summed E-state index contributed by atoms with van der Waals surface area (Å²) in [5.74, 6) is 0. The van der Waals surface area contributed by atoms with Gasteiger partial charge >= 0.3 is 6.03 Å². The zero-order valence-corrected chi connectivity index (χ0v) is 15.2. The van der Waals surface area contributed by atoms with E-state index < -0.39 is 0 Å². The van der Waals surface area contributed by atoms with Crippen molar-refractivity contribution in [1.82, 2.24) is 0 Å². The molecule has 0 aliphatic carbocycles.